The maximum Gasteiger partial charge on any atom is 0.243 e. The minimum Gasteiger partial charge on any atom is -0.396 e. The highest BCUT2D eigenvalue weighted by Crippen LogP contribution is 2.12. The molecule has 0 saturated heterocycles. The van der Waals surface area contributed by atoms with Crippen LogP contribution in [0.1, 0.15) is 46.5 Å². The molecule has 0 fully saturated rings. The molecule has 0 aliphatic heterocycles. The second-order valence-corrected chi connectivity index (χ2v) is 7.58. The Labute approximate surface area is 127 Å². The second-order valence-electron chi connectivity index (χ2n) is 5.86. The van der Waals surface area contributed by atoms with E-state index < -0.39 is 10.0 Å². The van der Waals surface area contributed by atoms with Gasteiger partial charge in [0.25, 0.3) is 0 Å². The van der Waals surface area contributed by atoms with Crippen LogP contribution in [0, 0.1) is 5.92 Å². The Morgan fingerprint density at radius 1 is 1.29 bits per heavy atom. The number of nitrogens with one attached hydrogen (secondary N) is 1. The van der Waals surface area contributed by atoms with Gasteiger partial charge in [0.15, 0.2) is 0 Å². The van der Waals surface area contributed by atoms with Crippen LogP contribution in [0.25, 0.3) is 0 Å². The molecule has 0 spiro atoms. The van der Waals surface area contributed by atoms with E-state index in [1.165, 1.54) is 17.1 Å². The van der Waals surface area contributed by atoms with Gasteiger partial charge in [-0.25, -0.2) is 13.1 Å². The molecule has 0 bridgehead atoms. The molecule has 1 unspecified atom stereocenters. The Bertz CT molecular complexity index is 511. The van der Waals surface area contributed by atoms with Gasteiger partial charge in [-0.15, -0.1) is 0 Å². The molecule has 1 aromatic rings. The third-order valence-electron chi connectivity index (χ3n) is 3.24. The molecule has 1 atom stereocenters. The molecular weight excluding hydrogens is 290 g/mol. The van der Waals surface area contributed by atoms with Gasteiger partial charge in [0, 0.05) is 25.4 Å². The summed E-state index contributed by atoms with van der Waals surface area (Å²) in [5, 5.41) is 12.8. The van der Waals surface area contributed by atoms with Crippen molar-refractivity contribution in [3.8, 4) is 0 Å². The van der Waals surface area contributed by atoms with Crippen molar-refractivity contribution in [2.45, 2.75) is 63.9 Å². The van der Waals surface area contributed by atoms with Gasteiger partial charge in [-0.2, -0.15) is 5.10 Å². The summed E-state index contributed by atoms with van der Waals surface area (Å²) < 4.78 is 28.6. The van der Waals surface area contributed by atoms with E-state index in [1.54, 1.807) is 0 Å². The van der Waals surface area contributed by atoms with Crippen molar-refractivity contribution in [1.82, 2.24) is 14.5 Å². The number of sulfonamides is 1. The largest absolute Gasteiger partial charge is 0.396 e. The number of hydrogen-bond donors (Lipinski definition) is 2. The Morgan fingerprint density at radius 3 is 2.62 bits per heavy atom. The van der Waals surface area contributed by atoms with E-state index in [9.17, 15) is 8.42 Å². The Hall–Kier alpha value is -0.920. The highest BCUT2D eigenvalue weighted by Gasteiger charge is 2.19. The number of aromatic nitrogens is 2. The molecule has 1 aromatic heterocycles. The summed E-state index contributed by atoms with van der Waals surface area (Å²) in [5.41, 5.74) is 0. The number of aryl methyl sites for hydroxylation is 1. The van der Waals surface area contributed by atoms with Crippen molar-refractivity contribution >= 4 is 10.0 Å². The van der Waals surface area contributed by atoms with Crippen LogP contribution in [0.15, 0.2) is 17.3 Å². The number of aliphatic hydroxyl groups excluding tert-OH is 1. The molecule has 122 valence electrons. The van der Waals surface area contributed by atoms with Gasteiger partial charge in [-0.1, -0.05) is 26.7 Å². The van der Waals surface area contributed by atoms with Crippen molar-refractivity contribution in [1.29, 1.82) is 0 Å². The summed E-state index contributed by atoms with van der Waals surface area (Å²) in [6.45, 7) is 6.78. The topological polar surface area (TPSA) is 84.2 Å². The van der Waals surface area contributed by atoms with E-state index in [0.717, 1.165) is 19.3 Å². The van der Waals surface area contributed by atoms with Crippen molar-refractivity contribution < 1.29 is 13.5 Å². The minimum atomic E-state index is -3.51. The first-order valence-corrected chi connectivity index (χ1v) is 8.99. The zero-order valence-corrected chi connectivity index (χ0v) is 13.9. The standard InChI is InChI=1S/C14H27N3O3S/c1-12(2)6-4-7-13(3)16-21(19,20)14-10-15-17(11-14)8-5-9-18/h10-13,16,18H,4-9H2,1-3H3. The van der Waals surface area contributed by atoms with Crippen LogP contribution >= 0.6 is 0 Å². The molecule has 0 aliphatic carbocycles. The molecule has 6 nitrogen and oxygen atoms in total. The quantitative estimate of drug-likeness (QED) is 0.688. The lowest BCUT2D eigenvalue weighted by Crippen LogP contribution is -2.32. The summed E-state index contributed by atoms with van der Waals surface area (Å²) in [6, 6.07) is -0.0884. The fourth-order valence-electron chi connectivity index (χ4n) is 2.06. The molecule has 0 saturated carbocycles. The predicted molar refractivity (Wildman–Crippen MR) is 82.4 cm³/mol. The molecular formula is C14H27N3O3S. The third kappa shape index (κ3) is 6.58. The monoisotopic (exact) mass is 317 g/mol. The number of hydrogen-bond acceptors (Lipinski definition) is 4. The summed E-state index contributed by atoms with van der Waals surface area (Å²) in [7, 11) is -3.51. The minimum absolute atomic E-state index is 0.0626. The summed E-state index contributed by atoms with van der Waals surface area (Å²) in [4.78, 5) is 0.177. The van der Waals surface area contributed by atoms with Crippen LogP contribution in [0.4, 0.5) is 0 Å². The molecule has 0 aromatic carbocycles. The van der Waals surface area contributed by atoms with Gasteiger partial charge in [-0.05, 0) is 25.7 Å². The SMILES string of the molecule is CC(C)CCCC(C)NS(=O)(=O)c1cnn(CCCO)c1. The maximum atomic E-state index is 12.2. The number of rotatable bonds is 10. The van der Waals surface area contributed by atoms with Gasteiger partial charge in [0.1, 0.15) is 4.90 Å². The lowest BCUT2D eigenvalue weighted by molar-refractivity contribution is 0.277. The van der Waals surface area contributed by atoms with Crippen LogP contribution in [0.3, 0.4) is 0 Å². The highest BCUT2D eigenvalue weighted by atomic mass is 32.2. The fourth-order valence-corrected chi connectivity index (χ4v) is 3.29. The second kappa shape index (κ2) is 8.51. The lowest BCUT2D eigenvalue weighted by atomic mass is 10.0. The highest BCUT2D eigenvalue weighted by molar-refractivity contribution is 7.89. The normalized spacial score (nSPS) is 13.8. The van der Waals surface area contributed by atoms with Gasteiger partial charge in [0.2, 0.25) is 10.0 Å². The summed E-state index contributed by atoms with van der Waals surface area (Å²) >= 11 is 0. The summed E-state index contributed by atoms with van der Waals surface area (Å²) in [6.07, 6.45) is 6.35. The molecule has 0 radical (unpaired) electrons. The molecule has 21 heavy (non-hydrogen) atoms. The first kappa shape index (κ1) is 18.1. The molecule has 1 rings (SSSR count). The van der Waals surface area contributed by atoms with E-state index >= 15 is 0 Å². The van der Waals surface area contributed by atoms with E-state index in [-0.39, 0.29) is 17.5 Å². The van der Waals surface area contributed by atoms with E-state index in [0.29, 0.717) is 18.9 Å². The average molecular weight is 317 g/mol. The zero-order valence-electron chi connectivity index (χ0n) is 13.1. The van der Waals surface area contributed by atoms with Crippen LogP contribution in [0.5, 0.6) is 0 Å². The van der Waals surface area contributed by atoms with Crippen LogP contribution in [0.2, 0.25) is 0 Å². The maximum absolute atomic E-state index is 12.2. The number of nitrogens with zero attached hydrogens (tertiary/aromatic N) is 2. The van der Waals surface area contributed by atoms with E-state index in [4.69, 9.17) is 5.11 Å². The van der Waals surface area contributed by atoms with Gasteiger partial charge in [0.05, 0.1) is 6.20 Å². The Kier molecular flexibility index (Phi) is 7.34. The zero-order chi connectivity index (χ0) is 15.9. The molecule has 1 heterocycles. The van der Waals surface area contributed by atoms with Crippen LogP contribution in [-0.2, 0) is 16.6 Å². The summed E-state index contributed by atoms with van der Waals surface area (Å²) in [5.74, 6) is 0.638. The van der Waals surface area contributed by atoms with Gasteiger partial charge in [-0.3, -0.25) is 4.68 Å². The first-order chi connectivity index (χ1) is 9.85. The van der Waals surface area contributed by atoms with Crippen molar-refractivity contribution in [3.05, 3.63) is 12.4 Å². The van der Waals surface area contributed by atoms with E-state index in [2.05, 4.69) is 23.7 Å². The first-order valence-electron chi connectivity index (χ1n) is 7.51. The van der Waals surface area contributed by atoms with Gasteiger partial charge >= 0.3 is 0 Å². The van der Waals surface area contributed by atoms with Crippen molar-refractivity contribution in [3.63, 3.8) is 0 Å². The Balaban J connectivity index is 2.54. The predicted octanol–water partition coefficient (Wildman–Crippen LogP) is 1.76. The average Bonchev–Trinajstić information content (AvgIpc) is 2.84. The molecule has 0 amide bonds. The smallest absolute Gasteiger partial charge is 0.243 e. The van der Waals surface area contributed by atoms with Gasteiger partial charge < -0.3 is 5.11 Å². The van der Waals surface area contributed by atoms with E-state index in [1.807, 2.05) is 6.92 Å². The Morgan fingerprint density at radius 2 is 2.00 bits per heavy atom. The third-order valence-corrected chi connectivity index (χ3v) is 4.78. The number of aliphatic hydroxyl groups is 1. The van der Waals surface area contributed by atoms with Crippen LogP contribution in [-0.4, -0.2) is 36.0 Å². The van der Waals surface area contributed by atoms with Crippen LogP contribution < -0.4 is 4.72 Å². The molecule has 7 heteroatoms. The fraction of sp³-hybridized carbons (Fsp3) is 0.786. The van der Waals surface area contributed by atoms with Crippen molar-refractivity contribution in [2.75, 3.05) is 6.61 Å². The molecule has 2 N–H and O–H groups in total. The van der Waals surface area contributed by atoms with Crippen molar-refractivity contribution in [2.24, 2.45) is 5.92 Å². The lowest BCUT2D eigenvalue weighted by Gasteiger charge is -2.13. The molecule has 0 aliphatic rings.